The third kappa shape index (κ3) is 3.65. The molecule has 0 amide bonds. The maximum absolute atomic E-state index is 6.19. The summed E-state index contributed by atoms with van der Waals surface area (Å²) in [4.78, 5) is 0. The van der Waals surface area contributed by atoms with Crippen LogP contribution in [0.25, 0.3) is 0 Å². The molecule has 0 spiro atoms. The second-order valence-electron chi connectivity index (χ2n) is 4.20. The van der Waals surface area contributed by atoms with Gasteiger partial charge in [-0.05, 0) is 51.7 Å². The van der Waals surface area contributed by atoms with Crippen molar-refractivity contribution in [1.82, 2.24) is 0 Å². The molecule has 1 atom stereocenters. The van der Waals surface area contributed by atoms with Crippen molar-refractivity contribution in [3.63, 3.8) is 0 Å². The van der Waals surface area contributed by atoms with Crippen molar-refractivity contribution in [2.24, 2.45) is 5.73 Å². The molecule has 0 radical (unpaired) electrons. The summed E-state index contributed by atoms with van der Waals surface area (Å²) in [5.74, 6) is 0. The van der Waals surface area contributed by atoms with E-state index < -0.39 is 0 Å². The van der Waals surface area contributed by atoms with Gasteiger partial charge in [0.15, 0.2) is 0 Å². The van der Waals surface area contributed by atoms with Gasteiger partial charge in [-0.25, -0.2) is 0 Å². The predicted molar refractivity (Wildman–Crippen MR) is 86.2 cm³/mol. The highest BCUT2D eigenvalue weighted by molar-refractivity contribution is 9.10. The van der Waals surface area contributed by atoms with Gasteiger partial charge in [-0.1, -0.05) is 53.0 Å². The topological polar surface area (TPSA) is 26.0 Å². The monoisotopic (exact) mass is 377 g/mol. The lowest BCUT2D eigenvalue weighted by atomic mass is 10.00. The van der Waals surface area contributed by atoms with Gasteiger partial charge in [0.2, 0.25) is 0 Å². The van der Waals surface area contributed by atoms with Crippen LogP contribution in [0.15, 0.2) is 40.9 Å². The summed E-state index contributed by atoms with van der Waals surface area (Å²) in [5, 5.41) is 1.74. The fourth-order valence-electron chi connectivity index (χ4n) is 1.80. The van der Waals surface area contributed by atoms with Gasteiger partial charge in [0, 0.05) is 10.5 Å². The molecular weight excluding hydrogens is 368 g/mol. The molecule has 1 unspecified atom stereocenters. The SMILES string of the molecule is NC(Cc1cccc(Cl)c1Cl)c1ccc(Br)c(Cl)c1. The van der Waals surface area contributed by atoms with E-state index in [1.165, 1.54) is 0 Å². The van der Waals surface area contributed by atoms with Gasteiger partial charge in [-0.3, -0.25) is 0 Å². The number of nitrogens with two attached hydrogens (primary N) is 1. The van der Waals surface area contributed by atoms with Gasteiger partial charge in [-0.2, -0.15) is 0 Å². The van der Waals surface area contributed by atoms with Crippen molar-refractivity contribution in [2.75, 3.05) is 0 Å². The zero-order chi connectivity index (χ0) is 14.0. The highest BCUT2D eigenvalue weighted by Crippen LogP contribution is 2.30. The molecule has 2 rings (SSSR count). The molecule has 0 aromatic heterocycles. The van der Waals surface area contributed by atoms with E-state index in [9.17, 15) is 0 Å². The van der Waals surface area contributed by atoms with Gasteiger partial charge in [0.1, 0.15) is 0 Å². The van der Waals surface area contributed by atoms with Crippen LogP contribution in [-0.2, 0) is 6.42 Å². The largest absolute Gasteiger partial charge is 0.324 e. The van der Waals surface area contributed by atoms with Crippen LogP contribution in [0.1, 0.15) is 17.2 Å². The Balaban J connectivity index is 2.23. The maximum atomic E-state index is 6.19. The molecule has 100 valence electrons. The predicted octanol–water partition coefficient (Wildman–Crippen LogP) is 5.65. The Morgan fingerprint density at radius 3 is 2.47 bits per heavy atom. The summed E-state index contributed by atoms with van der Waals surface area (Å²) in [6.07, 6.45) is 0.608. The summed E-state index contributed by atoms with van der Waals surface area (Å²) in [5.41, 5.74) is 8.08. The first-order chi connectivity index (χ1) is 8.99. The quantitative estimate of drug-likeness (QED) is 0.732. The molecule has 1 nitrogen and oxygen atoms in total. The molecule has 5 heteroatoms. The molecule has 0 fully saturated rings. The van der Waals surface area contributed by atoms with Gasteiger partial charge in [0.05, 0.1) is 15.1 Å². The second-order valence-corrected chi connectivity index (χ2v) is 6.24. The number of benzene rings is 2. The fourth-order valence-corrected chi connectivity index (χ4v) is 2.64. The van der Waals surface area contributed by atoms with E-state index in [1.54, 1.807) is 6.07 Å². The lowest BCUT2D eigenvalue weighted by molar-refractivity contribution is 0.722. The molecule has 2 aromatic carbocycles. The third-order valence-electron chi connectivity index (χ3n) is 2.84. The van der Waals surface area contributed by atoms with Gasteiger partial charge in [0.25, 0.3) is 0 Å². The minimum absolute atomic E-state index is 0.179. The second kappa shape index (κ2) is 6.47. The van der Waals surface area contributed by atoms with Crippen LogP contribution in [-0.4, -0.2) is 0 Å². The number of hydrogen-bond donors (Lipinski definition) is 1. The number of hydrogen-bond acceptors (Lipinski definition) is 1. The molecule has 0 saturated heterocycles. The van der Waals surface area contributed by atoms with Crippen molar-refractivity contribution in [3.8, 4) is 0 Å². The van der Waals surface area contributed by atoms with E-state index >= 15 is 0 Å². The lowest BCUT2D eigenvalue weighted by Gasteiger charge is -2.14. The van der Waals surface area contributed by atoms with E-state index in [0.29, 0.717) is 21.5 Å². The fraction of sp³-hybridized carbons (Fsp3) is 0.143. The molecule has 2 N–H and O–H groups in total. The molecule has 19 heavy (non-hydrogen) atoms. The normalized spacial score (nSPS) is 12.5. The zero-order valence-electron chi connectivity index (χ0n) is 9.84. The van der Waals surface area contributed by atoms with Crippen LogP contribution in [0.3, 0.4) is 0 Å². The Hall–Kier alpha value is -0.250. The Morgan fingerprint density at radius 1 is 1.05 bits per heavy atom. The van der Waals surface area contributed by atoms with E-state index in [2.05, 4.69) is 15.9 Å². The van der Waals surface area contributed by atoms with Crippen molar-refractivity contribution < 1.29 is 0 Å². The summed E-state index contributed by atoms with van der Waals surface area (Å²) in [7, 11) is 0. The number of rotatable bonds is 3. The van der Waals surface area contributed by atoms with Gasteiger partial charge >= 0.3 is 0 Å². The van der Waals surface area contributed by atoms with Crippen LogP contribution >= 0.6 is 50.7 Å². The molecule has 0 aliphatic rings. The standard InChI is InChI=1S/C14H11BrCl3N/c15-10-5-4-8(6-12(10)17)13(19)7-9-2-1-3-11(16)14(9)18/h1-6,13H,7,19H2. The van der Waals surface area contributed by atoms with Crippen molar-refractivity contribution in [2.45, 2.75) is 12.5 Å². The van der Waals surface area contributed by atoms with Crippen LogP contribution in [0, 0.1) is 0 Å². The van der Waals surface area contributed by atoms with E-state index in [0.717, 1.165) is 15.6 Å². The Kier molecular flexibility index (Phi) is 5.15. The van der Waals surface area contributed by atoms with Crippen molar-refractivity contribution in [1.29, 1.82) is 0 Å². The minimum atomic E-state index is -0.179. The lowest BCUT2D eigenvalue weighted by Crippen LogP contribution is -2.13. The van der Waals surface area contributed by atoms with Gasteiger partial charge in [-0.15, -0.1) is 0 Å². The first kappa shape index (κ1) is 15.1. The summed E-state index contributed by atoms with van der Waals surface area (Å²) in [6.45, 7) is 0. The van der Waals surface area contributed by atoms with E-state index in [-0.39, 0.29) is 6.04 Å². The van der Waals surface area contributed by atoms with Crippen molar-refractivity contribution in [3.05, 3.63) is 67.1 Å². The molecule has 0 heterocycles. The van der Waals surface area contributed by atoms with Gasteiger partial charge < -0.3 is 5.73 Å². The van der Waals surface area contributed by atoms with Crippen LogP contribution in [0.4, 0.5) is 0 Å². The smallest absolute Gasteiger partial charge is 0.0624 e. The summed E-state index contributed by atoms with van der Waals surface area (Å²) < 4.78 is 0.853. The molecular formula is C14H11BrCl3N. The highest BCUT2D eigenvalue weighted by Gasteiger charge is 2.12. The van der Waals surface area contributed by atoms with Crippen molar-refractivity contribution >= 4 is 50.7 Å². The average Bonchev–Trinajstić information content (AvgIpc) is 2.38. The van der Waals surface area contributed by atoms with E-state index in [1.807, 2.05) is 30.3 Å². The Labute approximate surface area is 135 Å². The first-order valence-corrected chi connectivity index (χ1v) is 7.55. The van der Waals surface area contributed by atoms with Crippen LogP contribution in [0.5, 0.6) is 0 Å². The molecule has 0 bridgehead atoms. The molecule has 2 aromatic rings. The Morgan fingerprint density at radius 2 is 1.79 bits per heavy atom. The molecule has 0 saturated carbocycles. The maximum Gasteiger partial charge on any atom is 0.0624 e. The summed E-state index contributed by atoms with van der Waals surface area (Å²) in [6, 6.07) is 11.1. The van der Waals surface area contributed by atoms with Crippen LogP contribution < -0.4 is 5.73 Å². The van der Waals surface area contributed by atoms with E-state index in [4.69, 9.17) is 40.5 Å². The van der Waals surface area contributed by atoms with Crippen LogP contribution in [0.2, 0.25) is 15.1 Å². The summed E-state index contributed by atoms with van der Waals surface area (Å²) >= 11 is 21.6. The average molecular weight is 380 g/mol. The first-order valence-electron chi connectivity index (χ1n) is 5.62. The zero-order valence-corrected chi connectivity index (χ0v) is 13.7. The third-order valence-corrected chi connectivity index (χ3v) is 4.93. The minimum Gasteiger partial charge on any atom is -0.324 e. The molecule has 0 aliphatic carbocycles. The Bertz CT molecular complexity index is 601. The number of halogens is 4. The highest BCUT2D eigenvalue weighted by atomic mass is 79.9. The molecule has 0 aliphatic heterocycles.